The molecule has 0 aliphatic heterocycles. The van der Waals surface area contributed by atoms with Gasteiger partial charge in [0.15, 0.2) is 0 Å². The van der Waals surface area contributed by atoms with Crippen LogP contribution in [0.1, 0.15) is 55.4 Å². The molecule has 170 valence electrons. The molecular weight excluding hydrogens is 384 g/mol. The maximum atomic E-state index is 12.2. The fourth-order valence-corrected chi connectivity index (χ4v) is 2.47. The van der Waals surface area contributed by atoms with Gasteiger partial charge in [-0.15, -0.1) is 0 Å². The summed E-state index contributed by atoms with van der Waals surface area (Å²) in [5.74, 6) is 0.736. The fraction of sp³-hybridized carbons (Fsp3) is 0.393. The molecule has 0 atom stereocenters. The topological polar surface area (TPSA) is 35.5 Å². The van der Waals surface area contributed by atoms with Gasteiger partial charge >= 0.3 is 5.97 Å². The predicted molar refractivity (Wildman–Crippen MR) is 133 cm³/mol. The molecule has 0 aromatic rings. The molecule has 3 nitrogen and oxygen atoms in total. The Morgan fingerprint density at radius 1 is 0.645 bits per heavy atom. The van der Waals surface area contributed by atoms with Gasteiger partial charge in [-0.1, -0.05) is 64.5 Å². The van der Waals surface area contributed by atoms with Crippen molar-refractivity contribution in [1.82, 2.24) is 0 Å². The number of ether oxygens (including phenoxy) is 2. The molecule has 0 heterocycles. The van der Waals surface area contributed by atoms with Crippen molar-refractivity contribution in [3.8, 4) is 0 Å². The van der Waals surface area contributed by atoms with Crippen LogP contribution >= 0.6 is 0 Å². The van der Waals surface area contributed by atoms with E-state index in [-0.39, 0.29) is 11.6 Å². The maximum Gasteiger partial charge on any atom is 0.316 e. The van der Waals surface area contributed by atoms with Crippen molar-refractivity contribution < 1.29 is 14.3 Å². The smallest absolute Gasteiger partial charge is 0.316 e. The van der Waals surface area contributed by atoms with E-state index in [2.05, 4.69) is 40.2 Å². The third-order valence-corrected chi connectivity index (χ3v) is 4.39. The highest BCUT2D eigenvalue weighted by Gasteiger charge is 2.25. The highest BCUT2D eigenvalue weighted by atomic mass is 16.5. The largest absolute Gasteiger partial charge is 0.488 e. The van der Waals surface area contributed by atoms with Gasteiger partial charge in [-0.2, -0.15) is 0 Å². The van der Waals surface area contributed by atoms with Crippen LogP contribution < -0.4 is 0 Å². The molecule has 0 bridgehead atoms. The second kappa shape index (κ2) is 11.5. The molecule has 0 amide bonds. The minimum Gasteiger partial charge on any atom is -0.488 e. The van der Waals surface area contributed by atoms with Crippen LogP contribution in [-0.4, -0.2) is 11.6 Å². The van der Waals surface area contributed by atoms with E-state index in [1.54, 1.807) is 39.0 Å². The third-order valence-electron chi connectivity index (χ3n) is 4.39. The fourth-order valence-electron chi connectivity index (χ4n) is 2.47. The van der Waals surface area contributed by atoms with Crippen molar-refractivity contribution in [3.05, 3.63) is 97.6 Å². The van der Waals surface area contributed by atoms with Gasteiger partial charge in [-0.05, 0) is 77.0 Å². The summed E-state index contributed by atoms with van der Waals surface area (Å²) < 4.78 is 11.4. The van der Waals surface area contributed by atoms with Gasteiger partial charge in [0.1, 0.15) is 17.1 Å². The highest BCUT2D eigenvalue weighted by molar-refractivity contribution is 5.76. The van der Waals surface area contributed by atoms with E-state index >= 15 is 0 Å². The van der Waals surface area contributed by atoms with E-state index in [9.17, 15) is 4.79 Å². The molecule has 0 aromatic carbocycles. The molecular formula is C28H40O3. The van der Waals surface area contributed by atoms with E-state index in [4.69, 9.17) is 9.47 Å². The molecule has 0 aromatic heterocycles. The Labute approximate surface area is 189 Å². The standard InChI is InChI=1S/C28H40O3/c1-13-21(17-19-23(15-3)30-25(29)26(5,6)7)28(11,12)22(14-2)18-20-24(16-4)31-27(8,9)10/h13-20H,1-4H2,5-12H3/b21-17+,22-18+,23-19+,24-20+. The molecule has 31 heavy (non-hydrogen) atoms. The Kier molecular flexibility index (Phi) is 10.5. The normalized spacial score (nSPS) is 14.6. The number of allylic oxidation sites excluding steroid dienone is 10. The van der Waals surface area contributed by atoms with Crippen LogP contribution in [0.5, 0.6) is 0 Å². The molecule has 0 unspecified atom stereocenters. The first-order valence-corrected chi connectivity index (χ1v) is 10.4. The van der Waals surface area contributed by atoms with E-state index in [1.807, 2.05) is 45.1 Å². The van der Waals surface area contributed by atoms with Gasteiger partial charge in [-0.25, -0.2) is 0 Å². The number of hydrogen-bond acceptors (Lipinski definition) is 3. The lowest BCUT2D eigenvalue weighted by Gasteiger charge is -2.28. The van der Waals surface area contributed by atoms with Crippen LogP contribution in [0.15, 0.2) is 97.6 Å². The average molecular weight is 425 g/mol. The van der Waals surface area contributed by atoms with Crippen LogP contribution in [0.2, 0.25) is 0 Å². The summed E-state index contributed by atoms with van der Waals surface area (Å²) >= 11 is 0. The van der Waals surface area contributed by atoms with Crippen LogP contribution in [0, 0.1) is 10.8 Å². The summed E-state index contributed by atoms with van der Waals surface area (Å²) in [5.41, 5.74) is 0.561. The average Bonchev–Trinajstić information content (AvgIpc) is 2.64. The van der Waals surface area contributed by atoms with Crippen LogP contribution in [-0.2, 0) is 14.3 Å². The van der Waals surface area contributed by atoms with Crippen molar-refractivity contribution in [2.75, 3.05) is 0 Å². The minimum absolute atomic E-state index is 0.319. The number of hydrogen-bond donors (Lipinski definition) is 0. The Morgan fingerprint density at radius 3 is 1.39 bits per heavy atom. The highest BCUT2D eigenvalue weighted by Crippen LogP contribution is 2.36. The summed E-state index contributed by atoms with van der Waals surface area (Å²) in [5, 5.41) is 0. The Balaban J connectivity index is 6.05. The summed E-state index contributed by atoms with van der Waals surface area (Å²) in [4.78, 5) is 12.2. The van der Waals surface area contributed by atoms with Crippen LogP contribution in [0.3, 0.4) is 0 Å². The van der Waals surface area contributed by atoms with Gasteiger partial charge < -0.3 is 9.47 Å². The Morgan fingerprint density at radius 2 is 1.06 bits per heavy atom. The monoisotopic (exact) mass is 424 g/mol. The quantitative estimate of drug-likeness (QED) is 0.204. The van der Waals surface area contributed by atoms with Gasteiger partial charge in [0.2, 0.25) is 0 Å². The second-order valence-electron chi connectivity index (χ2n) is 9.68. The van der Waals surface area contributed by atoms with E-state index in [0.29, 0.717) is 11.5 Å². The summed E-state index contributed by atoms with van der Waals surface area (Å²) in [7, 11) is 0. The lowest BCUT2D eigenvalue weighted by Crippen LogP contribution is -2.22. The van der Waals surface area contributed by atoms with Gasteiger partial charge in [0.25, 0.3) is 0 Å². The van der Waals surface area contributed by atoms with Crippen molar-refractivity contribution in [3.63, 3.8) is 0 Å². The molecule has 0 rings (SSSR count). The van der Waals surface area contributed by atoms with Crippen molar-refractivity contribution in [2.45, 2.75) is 61.0 Å². The number of carbonyl (C=O) groups is 1. The number of carbonyl (C=O) groups excluding carboxylic acids is 1. The first kappa shape index (κ1) is 28.2. The van der Waals surface area contributed by atoms with Gasteiger partial charge in [-0.3, -0.25) is 4.79 Å². The van der Waals surface area contributed by atoms with E-state index < -0.39 is 10.8 Å². The first-order chi connectivity index (χ1) is 14.1. The maximum absolute atomic E-state index is 12.2. The Bertz CT molecular complexity index is 813. The van der Waals surface area contributed by atoms with Crippen molar-refractivity contribution in [2.24, 2.45) is 10.8 Å². The lowest BCUT2D eigenvalue weighted by molar-refractivity contribution is -0.147. The number of esters is 1. The number of rotatable bonds is 10. The molecule has 0 saturated carbocycles. The molecule has 0 radical (unpaired) electrons. The van der Waals surface area contributed by atoms with Gasteiger partial charge in [0.05, 0.1) is 5.41 Å². The van der Waals surface area contributed by atoms with Crippen molar-refractivity contribution >= 4 is 5.97 Å². The zero-order valence-corrected chi connectivity index (χ0v) is 20.7. The second-order valence-corrected chi connectivity index (χ2v) is 9.68. The van der Waals surface area contributed by atoms with E-state index in [1.165, 1.54) is 6.08 Å². The van der Waals surface area contributed by atoms with Crippen LogP contribution in [0.4, 0.5) is 0 Å². The summed E-state index contributed by atoms with van der Waals surface area (Å²) in [6.45, 7) is 31.0. The molecule has 0 spiro atoms. The molecule has 0 saturated heterocycles. The van der Waals surface area contributed by atoms with Gasteiger partial charge in [0, 0.05) is 5.41 Å². The third kappa shape index (κ3) is 9.69. The summed E-state index contributed by atoms with van der Waals surface area (Å²) in [6.07, 6.45) is 14.2. The van der Waals surface area contributed by atoms with Crippen molar-refractivity contribution in [1.29, 1.82) is 0 Å². The SMILES string of the molecule is C=C/C(=C\C=C(/C=C)C(C)(C)/C(C=C)=C/C=C(\C=C)OC(C)(C)C)OC(=O)C(C)(C)C. The first-order valence-electron chi connectivity index (χ1n) is 10.4. The lowest BCUT2D eigenvalue weighted by atomic mass is 9.76. The van der Waals surface area contributed by atoms with Crippen LogP contribution in [0.25, 0.3) is 0 Å². The zero-order chi connectivity index (χ0) is 24.5. The molecule has 3 heteroatoms. The zero-order valence-electron chi connectivity index (χ0n) is 20.7. The predicted octanol–water partition coefficient (Wildman–Crippen LogP) is 7.78. The molecule has 0 fully saturated rings. The minimum atomic E-state index is -0.602. The van der Waals surface area contributed by atoms with E-state index in [0.717, 1.165) is 11.1 Å². The molecule has 0 aliphatic rings. The molecule has 0 N–H and O–H groups in total. The summed E-state index contributed by atoms with van der Waals surface area (Å²) in [6, 6.07) is 0. The molecule has 0 aliphatic carbocycles. The Hall–Kier alpha value is -2.81.